The minimum Gasteiger partial charge on any atom is -0.508 e. The number of hydrogen-bond acceptors (Lipinski definition) is 5. The number of nitrogens with zero attached hydrogens (tertiary/aromatic N) is 2. The van der Waals surface area contributed by atoms with Gasteiger partial charge in [0.25, 0.3) is 0 Å². The van der Waals surface area contributed by atoms with Crippen LogP contribution in [0.1, 0.15) is 22.4 Å². The number of phenols is 2. The van der Waals surface area contributed by atoms with Crippen LogP contribution in [-0.4, -0.2) is 16.3 Å². The van der Waals surface area contributed by atoms with Gasteiger partial charge in [0, 0.05) is 41.4 Å². The molecule has 7 rings (SSSR count). The van der Waals surface area contributed by atoms with Crippen molar-refractivity contribution in [3.8, 4) is 11.5 Å². The first-order valence-electron chi connectivity index (χ1n) is 14.5. The molecule has 0 fully saturated rings. The van der Waals surface area contributed by atoms with E-state index in [1.165, 1.54) is 0 Å². The summed E-state index contributed by atoms with van der Waals surface area (Å²) in [6.45, 7) is 1.04. The average Bonchev–Trinajstić information content (AvgIpc) is 3.05. The van der Waals surface area contributed by atoms with Crippen LogP contribution in [0.4, 0.5) is 5.69 Å². The van der Waals surface area contributed by atoms with Gasteiger partial charge in [0.1, 0.15) is 11.5 Å². The number of hydrogen-bond donors (Lipinski definition) is 2. The summed E-state index contributed by atoms with van der Waals surface area (Å²) in [5.41, 5.74) is 5.22. The lowest BCUT2D eigenvalue weighted by Gasteiger charge is -2.34. The summed E-state index contributed by atoms with van der Waals surface area (Å²) >= 11 is 0. The number of aromatic nitrogens is 1. The van der Waals surface area contributed by atoms with Crippen molar-refractivity contribution >= 4 is 34.8 Å². The zero-order valence-corrected chi connectivity index (χ0v) is 23.8. The molecule has 44 heavy (non-hydrogen) atoms. The van der Waals surface area contributed by atoms with Gasteiger partial charge in [-0.2, -0.15) is 4.57 Å². The summed E-state index contributed by atoms with van der Waals surface area (Å²) in [4.78, 5) is 29.2. The fourth-order valence-electron chi connectivity index (χ4n) is 5.89. The highest BCUT2D eigenvalue weighted by Crippen LogP contribution is 2.31. The van der Waals surface area contributed by atoms with Crippen molar-refractivity contribution in [2.24, 2.45) is 0 Å². The van der Waals surface area contributed by atoms with E-state index < -0.39 is 0 Å². The minimum atomic E-state index is -0.303. The Bertz CT molecular complexity index is 2210. The highest BCUT2D eigenvalue weighted by atomic mass is 16.3. The van der Waals surface area contributed by atoms with E-state index in [0.717, 1.165) is 39.0 Å². The SMILES string of the molecule is O=c1c(=Cc2ccc3ccccc3[n+]2Cc2ccc(O)cc2)c(=O)c1=CC1C=Cc2ccccc2N1Cc1ccc(O)cc1. The predicted molar refractivity (Wildman–Crippen MR) is 174 cm³/mol. The van der Waals surface area contributed by atoms with Crippen LogP contribution >= 0.6 is 0 Å². The second-order valence-corrected chi connectivity index (χ2v) is 11.1. The molecule has 0 amide bonds. The van der Waals surface area contributed by atoms with E-state index in [4.69, 9.17) is 0 Å². The number of fused-ring (bicyclic) bond motifs is 2. The quantitative estimate of drug-likeness (QED) is 0.294. The molecule has 0 aliphatic carbocycles. The van der Waals surface area contributed by atoms with Crippen LogP contribution in [0.2, 0.25) is 0 Å². The van der Waals surface area contributed by atoms with Crippen molar-refractivity contribution in [1.82, 2.24) is 0 Å². The van der Waals surface area contributed by atoms with Crippen LogP contribution in [0.5, 0.6) is 11.5 Å². The predicted octanol–water partition coefficient (Wildman–Crippen LogP) is 3.89. The Kier molecular flexibility index (Phi) is 6.87. The second-order valence-electron chi connectivity index (χ2n) is 11.1. The number of para-hydroxylation sites is 2. The van der Waals surface area contributed by atoms with E-state index in [1.54, 1.807) is 36.4 Å². The number of aromatic hydroxyl groups is 2. The smallest absolute Gasteiger partial charge is 0.213 e. The Morgan fingerprint density at radius 1 is 0.705 bits per heavy atom. The zero-order chi connectivity index (χ0) is 30.2. The highest BCUT2D eigenvalue weighted by Gasteiger charge is 2.23. The molecule has 1 aromatic heterocycles. The summed E-state index contributed by atoms with van der Waals surface area (Å²) in [6, 6.07) is 33.7. The molecule has 6 aromatic rings. The Labute approximate surface area is 253 Å². The Balaban J connectivity index is 1.29. The van der Waals surface area contributed by atoms with Crippen molar-refractivity contribution in [1.29, 1.82) is 0 Å². The van der Waals surface area contributed by atoms with Crippen molar-refractivity contribution in [2.45, 2.75) is 19.1 Å². The maximum absolute atomic E-state index is 13.5. The molecular weight excluding hydrogens is 548 g/mol. The molecule has 6 heteroatoms. The fourth-order valence-corrected chi connectivity index (χ4v) is 5.89. The monoisotopic (exact) mass is 577 g/mol. The molecule has 1 aliphatic rings. The van der Waals surface area contributed by atoms with E-state index in [-0.39, 0.29) is 38.8 Å². The molecule has 1 unspecified atom stereocenters. The topological polar surface area (TPSA) is 81.7 Å². The Morgan fingerprint density at radius 2 is 1.36 bits per heavy atom. The molecule has 2 N–H and O–H groups in total. The van der Waals surface area contributed by atoms with Crippen LogP contribution in [0.3, 0.4) is 0 Å². The van der Waals surface area contributed by atoms with Crippen molar-refractivity contribution < 1.29 is 14.8 Å². The fraction of sp³-hybridized carbons (Fsp3) is 0.0789. The van der Waals surface area contributed by atoms with Gasteiger partial charge in [-0.1, -0.05) is 54.6 Å². The summed E-state index contributed by atoms with van der Waals surface area (Å²) in [5.74, 6) is 0.397. The van der Waals surface area contributed by atoms with Crippen molar-refractivity contribution in [3.63, 3.8) is 0 Å². The third-order valence-corrected chi connectivity index (χ3v) is 8.23. The molecular formula is C38H29N2O4+. The number of phenolic OH excluding ortho intramolecular Hbond substituents is 2. The zero-order valence-electron chi connectivity index (χ0n) is 23.8. The number of rotatable bonds is 6. The van der Waals surface area contributed by atoms with E-state index in [1.807, 2.05) is 97.1 Å². The van der Waals surface area contributed by atoms with Gasteiger partial charge in [-0.15, -0.1) is 0 Å². The lowest BCUT2D eigenvalue weighted by molar-refractivity contribution is -0.664. The van der Waals surface area contributed by atoms with Gasteiger partial charge in [0.2, 0.25) is 22.1 Å². The van der Waals surface area contributed by atoms with Gasteiger partial charge in [0.15, 0.2) is 6.54 Å². The van der Waals surface area contributed by atoms with Crippen LogP contribution in [0, 0.1) is 0 Å². The first-order valence-corrected chi connectivity index (χ1v) is 14.5. The standard InChI is InChI=1S/C38H28N2O4/c41-31-17-9-25(10-18-31)23-39-29(15-13-27-5-1-3-7-35(27)39)21-33-37(43)34(38(33)44)22-30-16-14-28-6-2-4-8-36(28)40(30)24-26-11-19-32(42)20-12-26/h1-22,29H,23-24H2,(H-,41,42)/p+1. The maximum Gasteiger partial charge on any atom is 0.213 e. The first-order chi connectivity index (χ1) is 21.4. The molecule has 0 radical (unpaired) electrons. The molecule has 0 saturated carbocycles. The molecule has 5 aromatic carbocycles. The lowest BCUT2D eigenvalue weighted by atomic mass is 9.99. The number of pyridine rings is 1. The first kappa shape index (κ1) is 27.1. The average molecular weight is 578 g/mol. The van der Waals surface area contributed by atoms with Crippen molar-refractivity contribution in [2.75, 3.05) is 4.90 Å². The normalized spacial score (nSPS) is 14.1. The van der Waals surface area contributed by atoms with Gasteiger partial charge >= 0.3 is 0 Å². The molecule has 214 valence electrons. The van der Waals surface area contributed by atoms with Gasteiger partial charge in [-0.3, -0.25) is 9.59 Å². The third-order valence-electron chi connectivity index (χ3n) is 8.23. The van der Waals surface area contributed by atoms with Crippen LogP contribution < -0.4 is 30.8 Å². The lowest BCUT2D eigenvalue weighted by Crippen LogP contribution is -2.65. The molecule has 1 aliphatic heterocycles. The van der Waals surface area contributed by atoms with Crippen LogP contribution in [0.15, 0.2) is 125 Å². The van der Waals surface area contributed by atoms with Crippen LogP contribution in [0.25, 0.3) is 29.1 Å². The number of anilines is 1. The van der Waals surface area contributed by atoms with Gasteiger partial charge in [-0.25, -0.2) is 0 Å². The van der Waals surface area contributed by atoms with Gasteiger partial charge in [0.05, 0.1) is 16.5 Å². The van der Waals surface area contributed by atoms with Gasteiger partial charge < -0.3 is 15.1 Å². The molecule has 6 nitrogen and oxygen atoms in total. The highest BCUT2D eigenvalue weighted by molar-refractivity contribution is 5.77. The van der Waals surface area contributed by atoms with E-state index in [2.05, 4.69) is 9.47 Å². The summed E-state index contributed by atoms with van der Waals surface area (Å²) in [7, 11) is 0. The summed E-state index contributed by atoms with van der Waals surface area (Å²) < 4.78 is 2.08. The molecule has 1 atom stereocenters. The van der Waals surface area contributed by atoms with Crippen molar-refractivity contribution in [3.05, 3.63) is 169 Å². The molecule has 0 bridgehead atoms. The second kappa shape index (κ2) is 11.2. The summed E-state index contributed by atoms with van der Waals surface area (Å²) in [6.07, 6.45) is 7.48. The van der Waals surface area contributed by atoms with Crippen LogP contribution in [-0.2, 0) is 13.1 Å². The minimum absolute atomic E-state index is 0.163. The molecule has 2 heterocycles. The van der Waals surface area contributed by atoms with E-state index >= 15 is 0 Å². The number of benzene rings is 4. The maximum atomic E-state index is 13.5. The third kappa shape index (κ3) is 5.07. The van der Waals surface area contributed by atoms with E-state index in [9.17, 15) is 19.8 Å². The van der Waals surface area contributed by atoms with Gasteiger partial charge in [-0.05, 0) is 71.8 Å². The summed E-state index contributed by atoms with van der Waals surface area (Å²) in [5, 5.41) is 20.9. The largest absolute Gasteiger partial charge is 0.508 e. The molecule has 0 saturated heterocycles. The Hall–Kier alpha value is -5.75. The van der Waals surface area contributed by atoms with E-state index in [0.29, 0.717) is 13.1 Å². The Morgan fingerprint density at radius 3 is 2.11 bits per heavy atom. The molecule has 0 spiro atoms.